The minimum absolute atomic E-state index is 0.0230. The van der Waals surface area contributed by atoms with Gasteiger partial charge in [0.25, 0.3) is 5.91 Å². The first-order chi connectivity index (χ1) is 11.8. The van der Waals surface area contributed by atoms with E-state index in [9.17, 15) is 13.2 Å². The van der Waals surface area contributed by atoms with Gasteiger partial charge >= 0.3 is 0 Å². The summed E-state index contributed by atoms with van der Waals surface area (Å²) in [6.45, 7) is 6.66. The molecule has 1 aliphatic rings. The normalized spacial score (nSPS) is 18.0. The van der Waals surface area contributed by atoms with E-state index in [0.717, 1.165) is 25.9 Å². The van der Waals surface area contributed by atoms with Crippen LogP contribution in [0.3, 0.4) is 0 Å². The third-order valence-corrected chi connectivity index (χ3v) is 6.37. The van der Waals surface area contributed by atoms with Crippen molar-refractivity contribution < 1.29 is 13.2 Å². The molecule has 140 valence electrons. The Morgan fingerprint density at radius 3 is 2.32 bits per heavy atom. The van der Waals surface area contributed by atoms with Gasteiger partial charge in [0, 0.05) is 37.8 Å². The smallest absolute Gasteiger partial charge is 0.251 e. The number of hydrogen-bond acceptors (Lipinski definition) is 4. The molecule has 1 amide bonds. The van der Waals surface area contributed by atoms with Crippen molar-refractivity contribution in [1.29, 1.82) is 0 Å². The molecule has 7 heteroatoms. The fraction of sp³-hybridized carbons (Fsp3) is 0.611. The maximum absolute atomic E-state index is 12.5. The molecule has 2 rings (SSSR count). The summed E-state index contributed by atoms with van der Waals surface area (Å²) >= 11 is 0. The number of benzene rings is 1. The third kappa shape index (κ3) is 5.80. The molecular formula is C18H29N3O3S. The van der Waals surface area contributed by atoms with Crippen LogP contribution in [-0.2, 0) is 15.8 Å². The van der Waals surface area contributed by atoms with E-state index in [0.29, 0.717) is 24.2 Å². The van der Waals surface area contributed by atoms with Crippen LogP contribution in [0.5, 0.6) is 0 Å². The average molecular weight is 368 g/mol. The van der Waals surface area contributed by atoms with Crippen LogP contribution in [0.2, 0.25) is 0 Å². The van der Waals surface area contributed by atoms with E-state index in [-0.39, 0.29) is 17.7 Å². The lowest BCUT2D eigenvalue weighted by molar-refractivity contribution is 0.0938. The minimum Gasteiger partial charge on any atom is -0.350 e. The first-order valence-electron chi connectivity index (χ1n) is 8.88. The molecule has 0 spiro atoms. The molecular weight excluding hydrogens is 338 g/mol. The number of piperazine rings is 1. The molecule has 1 atom stereocenters. The van der Waals surface area contributed by atoms with Gasteiger partial charge in [-0.15, -0.1) is 0 Å². The van der Waals surface area contributed by atoms with Crippen molar-refractivity contribution in [2.45, 2.75) is 38.5 Å². The third-order valence-electron chi connectivity index (χ3n) is 4.52. The van der Waals surface area contributed by atoms with Crippen LogP contribution in [0.25, 0.3) is 0 Å². The molecule has 1 aromatic carbocycles. The fourth-order valence-corrected chi connectivity index (χ4v) is 4.45. The van der Waals surface area contributed by atoms with Gasteiger partial charge in [0.15, 0.2) is 0 Å². The zero-order chi connectivity index (χ0) is 18.4. The summed E-state index contributed by atoms with van der Waals surface area (Å²) in [5.74, 6) is -0.139. The number of hydrogen-bond donors (Lipinski definition) is 1. The number of amides is 1. The molecule has 0 bridgehead atoms. The Morgan fingerprint density at radius 1 is 1.16 bits per heavy atom. The second-order valence-electron chi connectivity index (χ2n) is 6.82. The monoisotopic (exact) mass is 367 g/mol. The van der Waals surface area contributed by atoms with Gasteiger partial charge in [-0.05, 0) is 38.1 Å². The van der Waals surface area contributed by atoms with Gasteiger partial charge in [-0.3, -0.25) is 4.79 Å². The number of nitrogens with one attached hydrogen (secondary N) is 1. The summed E-state index contributed by atoms with van der Waals surface area (Å²) in [7, 11) is -1.32. The number of carbonyl (C=O) groups excluding carboxylic acids is 1. The number of nitrogens with zero attached hydrogens (tertiary/aromatic N) is 2. The Kier molecular flexibility index (Phi) is 6.98. The van der Waals surface area contributed by atoms with Crippen molar-refractivity contribution in [3.8, 4) is 0 Å². The van der Waals surface area contributed by atoms with Gasteiger partial charge in [0.1, 0.15) is 0 Å². The zero-order valence-electron chi connectivity index (χ0n) is 15.4. The minimum atomic E-state index is -3.31. The Morgan fingerprint density at radius 2 is 1.76 bits per heavy atom. The predicted octanol–water partition coefficient (Wildman–Crippen LogP) is 1.68. The standard InChI is InChI=1S/C18H29N3O3S/c1-4-5-15(2)19-18(22)17-8-6-16(7-9-17)14-25(23,24)21-12-10-20(3)11-13-21/h6-9,15H,4-5,10-14H2,1-3H3,(H,19,22)/t15-/m1/s1. The van der Waals surface area contributed by atoms with Crippen molar-refractivity contribution in [3.05, 3.63) is 35.4 Å². The predicted molar refractivity (Wildman–Crippen MR) is 100.0 cm³/mol. The second kappa shape index (κ2) is 8.78. The van der Waals surface area contributed by atoms with Crippen molar-refractivity contribution in [3.63, 3.8) is 0 Å². The van der Waals surface area contributed by atoms with E-state index in [1.807, 2.05) is 14.0 Å². The van der Waals surface area contributed by atoms with Crippen molar-refractivity contribution in [2.24, 2.45) is 0 Å². The summed E-state index contributed by atoms with van der Waals surface area (Å²) in [6, 6.07) is 6.99. The quantitative estimate of drug-likeness (QED) is 0.796. The number of sulfonamides is 1. The average Bonchev–Trinajstić information content (AvgIpc) is 2.55. The van der Waals surface area contributed by atoms with E-state index in [4.69, 9.17) is 0 Å². The second-order valence-corrected chi connectivity index (χ2v) is 8.79. The van der Waals surface area contributed by atoms with Crippen molar-refractivity contribution >= 4 is 15.9 Å². The molecule has 0 radical (unpaired) electrons. The highest BCUT2D eigenvalue weighted by Gasteiger charge is 2.25. The first kappa shape index (κ1) is 19.9. The van der Waals surface area contributed by atoms with Gasteiger partial charge in [-0.2, -0.15) is 4.31 Å². The zero-order valence-corrected chi connectivity index (χ0v) is 16.2. The van der Waals surface area contributed by atoms with Crippen LogP contribution >= 0.6 is 0 Å². The fourth-order valence-electron chi connectivity index (χ4n) is 2.93. The van der Waals surface area contributed by atoms with E-state index >= 15 is 0 Å². The van der Waals surface area contributed by atoms with Crippen LogP contribution in [0.15, 0.2) is 24.3 Å². The van der Waals surface area contributed by atoms with Crippen LogP contribution in [0.1, 0.15) is 42.6 Å². The lowest BCUT2D eigenvalue weighted by Gasteiger charge is -2.31. The molecule has 1 heterocycles. The molecule has 0 unspecified atom stereocenters. The molecule has 6 nitrogen and oxygen atoms in total. The maximum Gasteiger partial charge on any atom is 0.251 e. The van der Waals surface area contributed by atoms with Crippen LogP contribution in [-0.4, -0.2) is 62.8 Å². The van der Waals surface area contributed by atoms with Crippen LogP contribution in [0, 0.1) is 0 Å². The van der Waals surface area contributed by atoms with Crippen LogP contribution < -0.4 is 5.32 Å². The molecule has 1 aromatic rings. The lowest BCUT2D eigenvalue weighted by Crippen LogP contribution is -2.47. The number of likely N-dealkylation sites (N-methyl/N-ethyl adjacent to an activating group) is 1. The molecule has 1 saturated heterocycles. The summed E-state index contributed by atoms with van der Waals surface area (Å²) in [6.07, 6.45) is 1.96. The Labute approximate surface area is 151 Å². The highest BCUT2D eigenvalue weighted by atomic mass is 32.2. The molecule has 0 aliphatic carbocycles. The Balaban J connectivity index is 1.96. The van der Waals surface area contributed by atoms with Gasteiger partial charge < -0.3 is 10.2 Å². The summed E-state index contributed by atoms with van der Waals surface area (Å²) < 4.78 is 26.6. The molecule has 1 aliphatic heterocycles. The van der Waals surface area contributed by atoms with E-state index in [1.54, 1.807) is 28.6 Å². The molecule has 1 N–H and O–H groups in total. The SMILES string of the molecule is CCC[C@@H](C)NC(=O)c1ccc(CS(=O)(=O)N2CCN(C)CC2)cc1. The van der Waals surface area contributed by atoms with Crippen LogP contribution in [0.4, 0.5) is 0 Å². The summed E-state index contributed by atoms with van der Waals surface area (Å²) in [5.41, 5.74) is 1.26. The number of carbonyl (C=O) groups is 1. The van der Waals surface area contributed by atoms with Crippen molar-refractivity contribution in [1.82, 2.24) is 14.5 Å². The summed E-state index contributed by atoms with van der Waals surface area (Å²) in [4.78, 5) is 14.3. The Bertz CT molecular complexity index is 665. The molecule has 0 saturated carbocycles. The molecule has 0 aromatic heterocycles. The first-order valence-corrected chi connectivity index (χ1v) is 10.5. The van der Waals surface area contributed by atoms with Crippen molar-refractivity contribution in [2.75, 3.05) is 33.2 Å². The van der Waals surface area contributed by atoms with Gasteiger partial charge in [0.2, 0.25) is 10.0 Å². The molecule has 25 heavy (non-hydrogen) atoms. The topological polar surface area (TPSA) is 69.7 Å². The van der Waals surface area contributed by atoms with Gasteiger partial charge in [-0.25, -0.2) is 8.42 Å². The lowest BCUT2D eigenvalue weighted by atomic mass is 10.1. The highest BCUT2D eigenvalue weighted by Crippen LogP contribution is 2.14. The van der Waals surface area contributed by atoms with Gasteiger partial charge in [0.05, 0.1) is 5.75 Å². The highest BCUT2D eigenvalue weighted by molar-refractivity contribution is 7.88. The van der Waals surface area contributed by atoms with E-state index in [2.05, 4.69) is 17.1 Å². The summed E-state index contributed by atoms with van der Waals surface area (Å²) in [5, 5.41) is 2.95. The largest absolute Gasteiger partial charge is 0.350 e. The Hall–Kier alpha value is -1.44. The van der Waals surface area contributed by atoms with E-state index in [1.165, 1.54) is 0 Å². The van der Waals surface area contributed by atoms with E-state index < -0.39 is 10.0 Å². The number of rotatable bonds is 7. The maximum atomic E-state index is 12.5. The molecule has 1 fully saturated rings. The van der Waals surface area contributed by atoms with Gasteiger partial charge in [-0.1, -0.05) is 25.5 Å².